The van der Waals surface area contributed by atoms with E-state index < -0.39 is 23.9 Å². The standard InChI is InChI=1S/C21H25BrO4S/c1-3-14-4-5-15(27-14)6-12-7-16-13(8-17(12)22)10-26-21(16)9-11(2)18(23)19(24)20(21)25/h4-5,7-8,11,18-20,23-25H,3,6,9-10H2,1-2H3/t11-,18+,19-,20+,21+/m0/s1. The minimum absolute atomic E-state index is 0.161. The van der Waals surface area contributed by atoms with Gasteiger partial charge in [0, 0.05) is 20.6 Å². The number of aryl methyl sites for hydroxylation is 1. The molecule has 1 spiro atoms. The Morgan fingerprint density at radius 1 is 1.19 bits per heavy atom. The molecule has 1 aromatic carbocycles. The molecule has 0 amide bonds. The van der Waals surface area contributed by atoms with Crippen LogP contribution in [-0.4, -0.2) is 33.6 Å². The van der Waals surface area contributed by atoms with Crippen molar-refractivity contribution in [2.75, 3.05) is 0 Å². The van der Waals surface area contributed by atoms with Crippen LogP contribution in [0.1, 0.15) is 46.7 Å². The zero-order valence-electron chi connectivity index (χ0n) is 15.5. The van der Waals surface area contributed by atoms with Gasteiger partial charge in [-0.2, -0.15) is 0 Å². The Balaban J connectivity index is 1.72. The van der Waals surface area contributed by atoms with Crippen LogP contribution < -0.4 is 0 Å². The third kappa shape index (κ3) is 3.20. The molecule has 1 aliphatic heterocycles. The highest BCUT2D eigenvalue weighted by Gasteiger charge is 2.55. The Kier molecular flexibility index (Phi) is 5.25. The molecule has 146 valence electrons. The summed E-state index contributed by atoms with van der Waals surface area (Å²) in [7, 11) is 0. The van der Waals surface area contributed by atoms with Crippen molar-refractivity contribution in [1.29, 1.82) is 0 Å². The SMILES string of the molecule is CCc1ccc(Cc2cc3c(cc2Br)CO[C@]32C[C@H](C)[C@@H](O)[C@H](O)[C@H]2O)s1. The van der Waals surface area contributed by atoms with Crippen LogP contribution in [0.15, 0.2) is 28.7 Å². The Bertz CT molecular complexity index is 851. The maximum Gasteiger partial charge on any atom is 0.123 e. The summed E-state index contributed by atoms with van der Waals surface area (Å²) in [6.45, 7) is 4.45. The number of benzene rings is 1. The number of halogens is 1. The fraction of sp³-hybridized carbons (Fsp3) is 0.524. The van der Waals surface area contributed by atoms with Gasteiger partial charge in [-0.25, -0.2) is 0 Å². The van der Waals surface area contributed by atoms with Crippen LogP contribution in [0.25, 0.3) is 0 Å². The minimum Gasteiger partial charge on any atom is -0.390 e. The summed E-state index contributed by atoms with van der Waals surface area (Å²) in [6.07, 6.45) is -0.960. The molecule has 4 nitrogen and oxygen atoms in total. The van der Waals surface area contributed by atoms with Gasteiger partial charge in [-0.15, -0.1) is 11.3 Å². The lowest BCUT2D eigenvalue weighted by atomic mass is 9.70. The maximum absolute atomic E-state index is 10.8. The lowest BCUT2D eigenvalue weighted by molar-refractivity contribution is -0.222. The molecule has 27 heavy (non-hydrogen) atoms. The van der Waals surface area contributed by atoms with Crippen molar-refractivity contribution in [3.05, 3.63) is 55.2 Å². The molecule has 6 heteroatoms. The van der Waals surface area contributed by atoms with Crippen molar-refractivity contribution >= 4 is 27.3 Å². The van der Waals surface area contributed by atoms with Crippen LogP contribution >= 0.6 is 27.3 Å². The van der Waals surface area contributed by atoms with E-state index in [0.717, 1.165) is 34.0 Å². The second-order valence-electron chi connectivity index (χ2n) is 7.78. The second kappa shape index (κ2) is 7.25. The molecular formula is C21H25BrO4S. The molecule has 1 aliphatic carbocycles. The van der Waals surface area contributed by atoms with Gasteiger partial charge in [-0.05, 0) is 53.6 Å². The topological polar surface area (TPSA) is 69.9 Å². The summed E-state index contributed by atoms with van der Waals surface area (Å²) < 4.78 is 7.13. The third-order valence-corrected chi connectivity index (χ3v) is 7.97. The van der Waals surface area contributed by atoms with Crippen molar-refractivity contribution in [1.82, 2.24) is 0 Å². The average Bonchev–Trinajstić information content (AvgIpc) is 3.24. The van der Waals surface area contributed by atoms with Crippen LogP contribution in [0, 0.1) is 5.92 Å². The molecule has 0 bridgehead atoms. The molecule has 2 aromatic rings. The first-order valence-electron chi connectivity index (χ1n) is 9.43. The first-order chi connectivity index (χ1) is 12.9. The molecule has 1 fully saturated rings. The lowest BCUT2D eigenvalue weighted by Crippen LogP contribution is -2.58. The summed E-state index contributed by atoms with van der Waals surface area (Å²) in [5, 5.41) is 31.3. The molecule has 5 atom stereocenters. The normalized spacial score (nSPS) is 32.8. The maximum atomic E-state index is 10.8. The molecule has 2 heterocycles. The highest BCUT2D eigenvalue weighted by Crippen LogP contribution is 2.50. The Labute approximate surface area is 171 Å². The Morgan fingerprint density at radius 3 is 2.63 bits per heavy atom. The summed E-state index contributed by atoms with van der Waals surface area (Å²) in [4.78, 5) is 2.67. The van der Waals surface area contributed by atoms with E-state index in [0.29, 0.717) is 13.0 Å². The van der Waals surface area contributed by atoms with Crippen LogP contribution in [-0.2, 0) is 29.8 Å². The summed E-state index contributed by atoms with van der Waals surface area (Å²) in [6, 6.07) is 8.53. The third-order valence-electron chi connectivity index (χ3n) is 6.00. The first kappa shape index (κ1) is 19.6. The quantitative estimate of drug-likeness (QED) is 0.666. The van der Waals surface area contributed by atoms with E-state index in [1.54, 1.807) is 0 Å². The van der Waals surface area contributed by atoms with E-state index in [4.69, 9.17) is 4.74 Å². The number of aliphatic hydroxyl groups is 3. The van der Waals surface area contributed by atoms with E-state index in [9.17, 15) is 15.3 Å². The summed E-state index contributed by atoms with van der Waals surface area (Å²) in [5.74, 6) is -0.161. The van der Waals surface area contributed by atoms with Crippen LogP contribution in [0.3, 0.4) is 0 Å². The van der Waals surface area contributed by atoms with Crippen LogP contribution in [0.2, 0.25) is 0 Å². The van der Waals surface area contributed by atoms with E-state index in [-0.39, 0.29) is 5.92 Å². The summed E-state index contributed by atoms with van der Waals surface area (Å²) in [5.41, 5.74) is 2.16. The van der Waals surface area contributed by atoms with Gasteiger partial charge in [0.05, 0.1) is 12.7 Å². The van der Waals surface area contributed by atoms with Crippen LogP contribution in [0.4, 0.5) is 0 Å². The molecule has 1 aromatic heterocycles. The molecule has 3 N–H and O–H groups in total. The number of fused-ring (bicyclic) bond motifs is 2. The molecular weight excluding hydrogens is 428 g/mol. The molecule has 4 rings (SSSR count). The largest absolute Gasteiger partial charge is 0.390 e. The van der Waals surface area contributed by atoms with E-state index in [1.165, 1.54) is 9.75 Å². The van der Waals surface area contributed by atoms with E-state index in [1.807, 2.05) is 18.3 Å². The minimum atomic E-state index is -1.21. The zero-order chi connectivity index (χ0) is 19.3. The van der Waals surface area contributed by atoms with Gasteiger partial charge >= 0.3 is 0 Å². The fourth-order valence-corrected chi connectivity index (χ4v) is 5.93. The fourth-order valence-electron chi connectivity index (χ4n) is 4.42. The van der Waals surface area contributed by atoms with Gasteiger partial charge in [0.2, 0.25) is 0 Å². The van der Waals surface area contributed by atoms with Gasteiger partial charge in [0.25, 0.3) is 0 Å². The monoisotopic (exact) mass is 452 g/mol. The van der Waals surface area contributed by atoms with Crippen molar-refractivity contribution in [3.8, 4) is 0 Å². The Morgan fingerprint density at radius 2 is 1.93 bits per heavy atom. The highest BCUT2D eigenvalue weighted by atomic mass is 79.9. The van der Waals surface area contributed by atoms with Gasteiger partial charge in [0.1, 0.15) is 17.8 Å². The Hall–Kier alpha value is -0.760. The van der Waals surface area contributed by atoms with Gasteiger partial charge in [0.15, 0.2) is 0 Å². The number of ether oxygens (including phenoxy) is 1. The average molecular weight is 453 g/mol. The van der Waals surface area contributed by atoms with E-state index in [2.05, 4.69) is 47.1 Å². The number of rotatable bonds is 3. The number of aliphatic hydroxyl groups excluding tert-OH is 3. The zero-order valence-corrected chi connectivity index (χ0v) is 17.9. The van der Waals surface area contributed by atoms with Gasteiger partial charge in [-0.3, -0.25) is 0 Å². The molecule has 1 saturated carbocycles. The van der Waals surface area contributed by atoms with Gasteiger partial charge < -0.3 is 20.1 Å². The van der Waals surface area contributed by atoms with Crippen molar-refractivity contribution in [2.45, 2.75) is 63.6 Å². The number of hydrogen-bond donors (Lipinski definition) is 3. The smallest absolute Gasteiger partial charge is 0.123 e. The first-order valence-corrected chi connectivity index (χ1v) is 11.0. The number of hydrogen-bond acceptors (Lipinski definition) is 5. The second-order valence-corrected chi connectivity index (χ2v) is 9.89. The highest BCUT2D eigenvalue weighted by molar-refractivity contribution is 9.10. The lowest BCUT2D eigenvalue weighted by Gasteiger charge is -2.46. The molecule has 0 unspecified atom stereocenters. The van der Waals surface area contributed by atoms with Crippen LogP contribution in [0.5, 0.6) is 0 Å². The predicted octanol–water partition coefficient (Wildman–Crippen LogP) is 3.51. The van der Waals surface area contributed by atoms with Crippen molar-refractivity contribution < 1.29 is 20.1 Å². The van der Waals surface area contributed by atoms with Gasteiger partial charge in [-0.1, -0.05) is 35.8 Å². The number of thiophene rings is 1. The molecule has 2 aliphatic rings. The van der Waals surface area contributed by atoms with Crippen molar-refractivity contribution in [3.63, 3.8) is 0 Å². The van der Waals surface area contributed by atoms with Crippen molar-refractivity contribution in [2.24, 2.45) is 5.92 Å². The molecule has 0 saturated heterocycles. The summed E-state index contributed by atoms with van der Waals surface area (Å²) >= 11 is 5.51. The van der Waals surface area contributed by atoms with E-state index >= 15 is 0 Å². The molecule has 0 radical (unpaired) electrons. The predicted molar refractivity (Wildman–Crippen MR) is 109 cm³/mol.